The van der Waals surface area contributed by atoms with Crippen molar-refractivity contribution in [3.8, 4) is 0 Å². The molecule has 2 nitrogen and oxygen atoms in total. The van der Waals surface area contributed by atoms with E-state index in [1.807, 2.05) is 36.4 Å². The van der Waals surface area contributed by atoms with E-state index in [0.29, 0.717) is 12.5 Å². The van der Waals surface area contributed by atoms with Gasteiger partial charge >= 0.3 is 0 Å². The van der Waals surface area contributed by atoms with Crippen LogP contribution < -0.4 is 5.73 Å². The molecule has 0 amide bonds. The number of hydrogen-bond donors (Lipinski definition) is 1. The maximum Gasteiger partial charge on any atom is 0.134 e. The SMILES string of the molecule is CC(C)C(=Cc1cc2ccccc2o1)CN. The minimum atomic E-state index is 0.457. The Bertz CT molecular complexity index is 475. The van der Waals surface area contributed by atoms with Gasteiger partial charge in [-0.15, -0.1) is 0 Å². The van der Waals surface area contributed by atoms with E-state index in [1.165, 1.54) is 5.57 Å². The highest BCUT2D eigenvalue weighted by molar-refractivity contribution is 5.79. The molecule has 0 atom stereocenters. The Morgan fingerprint density at radius 1 is 1.38 bits per heavy atom. The van der Waals surface area contributed by atoms with Crippen LogP contribution in [0.4, 0.5) is 0 Å². The van der Waals surface area contributed by atoms with E-state index in [1.54, 1.807) is 0 Å². The first-order chi connectivity index (χ1) is 7.70. The first-order valence-corrected chi connectivity index (χ1v) is 5.60. The average Bonchev–Trinajstić information content (AvgIpc) is 2.67. The predicted molar refractivity (Wildman–Crippen MR) is 68.1 cm³/mol. The van der Waals surface area contributed by atoms with E-state index in [2.05, 4.69) is 13.8 Å². The van der Waals surface area contributed by atoms with E-state index < -0.39 is 0 Å². The highest BCUT2D eigenvalue weighted by atomic mass is 16.3. The lowest BCUT2D eigenvalue weighted by molar-refractivity contribution is 0.601. The topological polar surface area (TPSA) is 39.2 Å². The minimum absolute atomic E-state index is 0.457. The quantitative estimate of drug-likeness (QED) is 0.852. The number of hydrogen-bond acceptors (Lipinski definition) is 2. The van der Waals surface area contributed by atoms with Gasteiger partial charge in [-0.3, -0.25) is 0 Å². The molecule has 0 fully saturated rings. The Hall–Kier alpha value is -1.54. The van der Waals surface area contributed by atoms with Gasteiger partial charge in [0, 0.05) is 11.9 Å². The Kier molecular flexibility index (Phi) is 3.11. The molecule has 2 heteroatoms. The molecule has 1 heterocycles. The third kappa shape index (κ3) is 2.17. The van der Waals surface area contributed by atoms with E-state index in [0.717, 1.165) is 16.7 Å². The second-order valence-corrected chi connectivity index (χ2v) is 4.26. The summed E-state index contributed by atoms with van der Waals surface area (Å²) in [5.74, 6) is 1.34. The van der Waals surface area contributed by atoms with Gasteiger partial charge in [-0.1, -0.05) is 37.6 Å². The van der Waals surface area contributed by atoms with Crippen LogP contribution in [0.25, 0.3) is 17.0 Å². The first kappa shape index (κ1) is 11.0. The molecule has 0 saturated heterocycles. The molecule has 0 aliphatic rings. The number of nitrogens with two attached hydrogens (primary N) is 1. The molecule has 0 unspecified atom stereocenters. The molecular formula is C14H17NO. The monoisotopic (exact) mass is 215 g/mol. The van der Waals surface area contributed by atoms with E-state index >= 15 is 0 Å². The highest BCUT2D eigenvalue weighted by Gasteiger charge is 2.04. The van der Waals surface area contributed by atoms with Crippen molar-refractivity contribution in [3.63, 3.8) is 0 Å². The molecule has 1 aromatic heterocycles. The summed E-state index contributed by atoms with van der Waals surface area (Å²) in [6.45, 7) is 4.86. The summed E-state index contributed by atoms with van der Waals surface area (Å²) in [5, 5.41) is 1.13. The second kappa shape index (κ2) is 4.54. The van der Waals surface area contributed by atoms with Gasteiger partial charge in [-0.25, -0.2) is 0 Å². The smallest absolute Gasteiger partial charge is 0.134 e. The number of fused-ring (bicyclic) bond motifs is 1. The van der Waals surface area contributed by atoms with Crippen molar-refractivity contribution >= 4 is 17.0 Å². The lowest BCUT2D eigenvalue weighted by Gasteiger charge is -2.06. The van der Waals surface area contributed by atoms with E-state index in [4.69, 9.17) is 10.2 Å². The van der Waals surface area contributed by atoms with Gasteiger partial charge in [-0.2, -0.15) is 0 Å². The summed E-state index contributed by atoms with van der Waals surface area (Å²) < 4.78 is 5.72. The summed E-state index contributed by atoms with van der Waals surface area (Å²) in [6.07, 6.45) is 2.05. The molecule has 0 radical (unpaired) electrons. The normalized spacial score (nSPS) is 12.6. The molecule has 0 spiro atoms. The predicted octanol–water partition coefficient (Wildman–Crippen LogP) is 3.43. The van der Waals surface area contributed by atoms with Crippen LogP contribution in [0.5, 0.6) is 0 Å². The lowest BCUT2D eigenvalue weighted by Crippen LogP contribution is -2.07. The van der Waals surface area contributed by atoms with E-state index in [-0.39, 0.29) is 0 Å². The van der Waals surface area contributed by atoms with Crippen molar-refractivity contribution in [1.82, 2.24) is 0 Å². The van der Waals surface area contributed by atoms with Crippen molar-refractivity contribution in [2.45, 2.75) is 13.8 Å². The van der Waals surface area contributed by atoms with Crippen LogP contribution >= 0.6 is 0 Å². The Morgan fingerprint density at radius 3 is 2.75 bits per heavy atom. The summed E-state index contributed by atoms with van der Waals surface area (Å²) in [4.78, 5) is 0. The van der Waals surface area contributed by atoms with Crippen LogP contribution in [0.3, 0.4) is 0 Å². The summed E-state index contributed by atoms with van der Waals surface area (Å²) >= 11 is 0. The number of furan rings is 1. The molecule has 0 bridgehead atoms. The molecule has 84 valence electrons. The van der Waals surface area contributed by atoms with Crippen molar-refractivity contribution in [1.29, 1.82) is 0 Å². The van der Waals surface area contributed by atoms with Crippen molar-refractivity contribution in [2.24, 2.45) is 11.7 Å². The van der Waals surface area contributed by atoms with Crippen molar-refractivity contribution < 1.29 is 4.42 Å². The molecule has 2 N–H and O–H groups in total. The molecule has 0 saturated carbocycles. The van der Waals surface area contributed by atoms with Crippen LogP contribution in [0.15, 0.2) is 40.3 Å². The molecule has 16 heavy (non-hydrogen) atoms. The van der Waals surface area contributed by atoms with Gasteiger partial charge in [-0.05, 0) is 24.1 Å². The number of para-hydroxylation sites is 1. The Balaban J connectivity index is 2.40. The van der Waals surface area contributed by atoms with Crippen LogP contribution in [-0.2, 0) is 0 Å². The fraction of sp³-hybridized carbons (Fsp3) is 0.286. The van der Waals surface area contributed by atoms with Gasteiger partial charge in [0.05, 0.1) is 0 Å². The Morgan fingerprint density at radius 2 is 2.12 bits per heavy atom. The fourth-order valence-electron chi connectivity index (χ4n) is 1.72. The molecule has 0 aliphatic carbocycles. The highest BCUT2D eigenvalue weighted by Crippen LogP contribution is 2.22. The third-order valence-electron chi connectivity index (χ3n) is 2.75. The third-order valence-corrected chi connectivity index (χ3v) is 2.75. The summed E-state index contributed by atoms with van der Waals surface area (Å²) in [5.41, 5.74) is 7.84. The largest absolute Gasteiger partial charge is 0.457 e. The Labute approximate surface area is 95.7 Å². The molecule has 2 aromatic rings. The molecular weight excluding hydrogens is 198 g/mol. The van der Waals surface area contributed by atoms with Crippen LogP contribution in [-0.4, -0.2) is 6.54 Å². The molecule has 2 rings (SSSR count). The second-order valence-electron chi connectivity index (χ2n) is 4.26. The maximum atomic E-state index is 5.72. The summed E-state index contributed by atoms with van der Waals surface area (Å²) in [7, 11) is 0. The first-order valence-electron chi connectivity index (χ1n) is 5.60. The summed E-state index contributed by atoms with van der Waals surface area (Å²) in [6, 6.07) is 10.1. The molecule has 0 aliphatic heterocycles. The zero-order valence-electron chi connectivity index (χ0n) is 9.73. The van der Waals surface area contributed by atoms with Crippen molar-refractivity contribution in [2.75, 3.05) is 6.54 Å². The standard InChI is InChI=1S/C14H17NO/c1-10(2)12(9-15)8-13-7-11-5-3-4-6-14(11)16-13/h3-8,10H,9,15H2,1-2H3. The number of rotatable bonds is 3. The zero-order chi connectivity index (χ0) is 11.5. The van der Waals surface area contributed by atoms with Gasteiger partial charge in [0.25, 0.3) is 0 Å². The van der Waals surface area contributed by atoms with Gasteiger partial charge in [0.2, 0.25) is 0 Å². The van der Waals surface area contributed by atoms with E-state index in [9.17, 15) is 0 Å². The van der Waals surface area contributed by atoms with Gasteiger partial charge in [0.15, 0.2) is 0 Å². The van der Waals surface area contributed by atoms with Gasteiger partial charge in [0.1, 0.15) is 11.3 Å². The van der Waals surface area contributed by atoms with Crippen LogP contribution in [0, 0.1) is 5.92 Å². The number of benzene rings is 1. The van der Waals surface area contributed by atoms with Gasteiger partial charge < -0.3 is 10.2 Å². The van der Waals surface area contributed by atoms with Crippen LogP contribution in [0.2, 0.25) is 0 Å². The lowest BCUT2D eigenvalue weighted by atomic mass is 10.0. The maximum absolute atomic E-state index is 5.72. The van der Waals surface area contributed by atoms with Crippen LogP contribution in [0.1, 0.15) is 19.6 Å². The molecule has 1 aromatic carbocycles. The van der Waals surface area contributed by atoms with Crippen molar-refractivity contribution in [3.05, 3.63) is 41.7 Å². The average molecular weight is 215 g/mol. The minimum Gasteiger partial charge on any atom is -0.457 e. The zero-order valence-corrected chi connectivity index (χ0v) is 9.73. The fourth-order valence-corrected chi connectivity index (χ4v) is 1.72.